The molecular weight excluding hydrogens is 519 g/mol. The van der Waals surface area contributed by atoms with E-state index in [1.54, 1.807) is 12.3 Å². The van der Waals surface area contributed by atoms with Crippen LogP contribution >= 0.6 is 0 Å². The first kappa shape index (κ1) is 26.8. The lowest BCUT2D eigenvalue weighted by Crippen LogP contribution is -2.43. The molecule has 40 heavy (non-hydrogen) atoms. The first-order chi connectivity index (χ1) is 19.4. The Morgan fingerprint density at radius 2 is 1.80 bits per heavy atom. The van der Waals surface area contributed by atoms with Crippen molar-refractivity contribution in [3.05, 3.63) is 83.3 Å². The third-order valence-electron chi connectivity index (χ3n) is 6.77. The Bertz CT molecular complexity index is 1570. The summed E-state index contributed by atoms with van der Waals surface area (Å²) in [7, 11) is 2.71. The van der Waals surface area contributed by atoms with Crippen LogP contribution in [0.15, 0.2) is 60.8 Å². The van der Waals surface area contributed by atoms with E-state index in [4.69, 9.17) is 14.2 Å². The molecular formula is C29H27FN4O6. The van der Waals surface area contributed by atoms with Gasteiger partial charge in [-0.15, -0.1) is 0 Å². The van der Waals surface area contributed by atoms with Crippen LogP contribution in [0.4, 0.5) is 10.1 Å². The second-order valence-corrected chi connectivity index (χ2v) is 9.23. The zero-order chi connectivity index (χ0) is 28.2. The summed E-state index contributed by atoms with van der Waals surface area (Å²) in [6.07, 6.45) is 2.88. The van der Waals surface area contributed by atoms with Gasteiger partial charge in [-0.2, -0.15) is 5.10 Å². The summed E-state index contributed by atoms with van der Waals surface area (Å²) in [6, 6.07) is 13.4. The lowest BCUT2D eigenvalue weighted by Gasteiger charge is -2.24. The van der Waals surface area contributed by atoms with Crippen LogP contribution in [-0.2, 0) is 9.53 Å². The van der Waals surface area contributed by atoms with E-state index in [1.807, 2.05) is 12.1 Å². The van der Waals surface area contributed by atoms with Gasteiger partial charge in [-0.25, -0.2) is 4.39 Å². The van der Waals surface area contributed by atoms with Crippen LogP contribution < -0.4 is 14.8 Å². The maximum Gasteiger partial charge on any atom is 0.254 e. The normalized spacial score (nSPS) is 14.8. The maximum absolute atomic E-state index is 15.1. The van der Waals surface area contributed by atoms with Gasteiger partial charge in [-0.1, -0.05) is 12.1 Å². The van der Waals surface area contributed by atoms with Crippen LogP contribution in [0.5, 0.6) is 11.5 Å². The van der Waals surface area contributed by atoms with Crippen LogP contribution in [0.1, 0.15) is 39.1 Å². The molecule has 4 aromatic rings. The van der Waals surface area contributed by atoms with Gasteiger partial charge in [0.05, 0.1) is 18.8 Å². The van der Waals surface area contributed by atoms with Crippen molar-refractivity contribution < 1.29 is 33.0 Å². The fourth-order valence-electron chi connectivity index (χ4n) is 4.75. The quantitative estimate of drug-likeness (QED) is 0.239. The Kier molecular flexibility index (Phi) is 7.74. The Morgan fingerprint density at radius 3 is 2.55 bits per heavy atom. The first-order valence-corrected chi connectivity index (χ1v) is 12.6. The molecule has 11 heteroatoms. The highest BCUT2D eigenvalue weighted by atomic mass is 19.1. The van der Waals surface area contributed by atoms with Crippen LogP contribution in [0, 0.1) is 5.82 Å². The molecule has 0 spiro atoms. The molecule has 0 bridgehead atoms. The Balaban J connectivity index is 1.32. The zero-order valence-electron chi connectivity index (χ0n) is 21.9. The third-order valence-corrected chi connectivity index (χ3v) is 6.77. The Morgan fingerprint density at radius 1 is 1.05 bits per heavy atom. The summed E-state index contributed by atoms with van der Waals surface area (Å²) >= 11 is 0. The third kappa shape index (κ3) is 5.23. The summed E-state index contributed by atoms with van der Waals surface area (Å²) in [4.78, 5) is 41.2. The summed E-state index contributed by atoms with van der Waals surface area (Å²) in [5.74, 6) is -2.23. The SMILES string of the molecule is COCOc1ccc(OC)c(F)c1C(=O)c1ccc(C(=O)N2CCCC2C(=O)Nc2ccc3[nH]ncc3c2)cc1. The summed E-state index contributed by atoms with van der Waals surface area (Å²) in [5.41, 5.74) is 1.61. The topological polar surface area (TPSA) is 123 Å². The highest BCUT2D eigenvalue weighted by molar-refractivity contribution is 6.11. The maximum atomic E-state index is 15.1. The van der Waals surface area contributed by atoms with E-state index in [1.165, 1.54) is 55.5 Å². The number of carbonyl (C=O) groups is 3. The molecule has 1 aliphatic rings. The monoisotopic (exact) mass is 546 g/mol. The van der Waals surface area contributed by atoms with Gasteiger partial charge in [0.1, 0.15) is 17.4 Å². The van der Waals surface area contributed by atoms with Gasteiger partial charge in [-0.05, 0) is 55.3 Å². The molecule has 206 valence electrons. The van der Waals surface area contributed by atoms with E-state index < -0.39 is 17.6 Å². The van der Waals surface area contributed by atoms with Crippen LogP contribution in [-0.4, -0.2) is 66.3 Å². The number of rotatable bonds is 9. The first-order valence-electron chi connectivity index (χ1n) is 12.6. The number of aromatic nitrogens is 2. The molecule has 0 radical (unpaired) electrons. The van der Waals surface area contributed by atoms with E-state index >= 15 is 4.39 Å². The minimum atomic E-state index is -0.862. The molecule has 10 nitrogen and oxygen atoms in total. The molecule has 2 heterocycles. The lowest BCUT2D eigenvalue weighted by atomic mass is 10.00. The number of aromatic amines is 1. The molecule has 1 atom stereocenters. The van der Waals surface area contributed by atoms with Gasteiger partial charge in [-0.3, -0.25) is 19.5 Å². The average Bonchev–Trinajstić information content (AvgIpc) is 3.65. The van der Waals surface area contributed by atoms with Gasteiger partial charge in [0.25, 0.3) is 5.91 Å². The number of anilines is 1. The average molecular weight is 547 g/mol. The molecule has 1 unspecified atom stereocenters. The van der Waals surface area contributed by atoms with Gasteiger partial charge in [0.15, 0.2) is 24.1 Å². The number of amides is 2. The zero-order valence-corrected chi connectivity index (χ0v) is 21.9. The predicted octanol–water partition coefficient (Wildman–Crippen LogP) is 4.17. The summed E-state index contributed by atoms with van der Waals surface area (Å²) in [5, 5.41) is 10.6. The minimum absolute atomic E-state index is 0.00291. The number of halogens is 1. The molecule has 1 aromatic heterocycles. The van der Waals surface area contributed by atoms with E-state index in [9.17, 15) is 14.4 Å². The van der Waals surface area contributed by atoms with Crippen molar-refractivity contribution in [2.24, 2.45) is 0 Å². The van der Waals surface area contributed by atoms with Crippen LogP contribution in [0.3, 0.4) is 0 Å². The molecule has 1 aliphatic heterocycles. The number of likely N-dealkylation sites (tertiary alicyclic amines) is 1. The van der Waals surface area contributed by atoms with Crippen molar-refractivity contribution in [1.29, 1.82) is 0 Å². The number of benzene rings is 3. The van der Waals surface area contributed by atoms with Crippen molar-refractivity contribution in [1.82, 2.24) is 15.1 Å². The van der Waals surface area contributed by atoms with E-state index in [0.717, 1.165) is 10.9 Å². The van der Waals surface area contributed by atoms with Crippen LogP contribution in [0.25, 0.3) is 10.9 Å². The van der Waals surface area contributed by atoms with E-state index in [0.29, 0.717) is 30.6 Å². The highest BCUT2D eigenvalue weighted by Gasteiger charge is 2.35. The molecule has 0 aliphatic carbocycles. The number of ketones is 1. The number of H-pyrrole nitrogens is 1. The van der Waals surface area contributed by atoms with Crippen molar-refractivity contribution in [2.45, 2.75) is 18.9 Å². The fraction of sp³-hybridized carbons (Fsp3) is 0.241. The van der Waals surface area contributed by atoms with Crippen molar-refractivity contribution in [3.63, 3.8) is 0 Å². The number of nitrogens with zero attached hydrogens (tertiary/aromatic N) is 2. The number of hydrogen-bond donors (Lipinski definition) is 2. The number of methoxy groups -OCH3 is 2. The van der Waals surface area contributed by atoms with Crippen molar-refractivity contribution in [3.8, 4) is 11.5 Å². The highest BCUT2D eigenvalue weighted by Crippen LogP contribution is 2.31. The molecule has 2 amide bonds. The smallest absolute Gasteiger partial charge is 0.254 e. The minimum Gasteiger partial charge on any atom is -0.494 e. The molecule has 3 aromatic carbocycles. The summed E-state index contributed by atoms with van der Waals surface area (Å²) < 4.78 is 30.4. The lowest BCUT2D eigenvalue weighted by molar-refractivity contribution is -0.119. The largest absolute Gasteiger partial charge is 0.494 e. The van der Waals surface area contributed by atoms with Gasteiger partial charge >= 0.3 is 0 Å². The van der Waals surface area contributed by atoms with E-state index in [-0.39, 0.29) is 41.2 Å². The van der Waals surface area contributed by atoms with Crippen LogP contribution in [0.2, 0.25) is 0 Å². The molecule has 1 saturated heterocycles. The van der Waals surface area contributed by atoms with Gasteiger partial charge in [0.2, 0.25) is 5.91 Å². The Hall–Kier alpha value is -4.77. The second kappa shape index (κ2) is 11.5. The number of ether oxygens (including phenoxy) is 3. The predicted molar refractivity (Wildman–Crippen MR) is 144 cm³/mol. The second-order valence-electron chi connectivity index (χ2n) is 9.23. The van der Waals surface area contributed by atoms with E-state index in [2.05, 4.69) is 15.5 Å². The number of carbonyl (C=O) groups excluding carboxylic acids is 3. The molecule has 2 N–H and O–H groups in total. The number of fused-ring (bicyclic) bond motifs is 1. The fourth-order valence-corrected chi connectivity index (χ4v) is 4.75. The molecule has 1 fully saturated rings. The van der Waals surface area contributed by atoms with Gasteiger partial charge in [0, 0.05) is 35.9 Å². The Labute approximate surface area is 229 Å². The number of nitrogens with one attached hydrogen (secondary N) is 2. The standard InChI is InChI=1S/C29H27FN4O6/c1-38-16-40-23-11-12-24(39-2)26(30)25(23)27(35)17-5-7-18(8-6-17)29(37)34-13-3-4-22(34)28(36)32-20-9-10-21-19(14-20)15-31-33-21/h5-12,14-15,22H,3-4,13,16H2,1-2H3,(H,31,33)(H,32,36). The van der Waals surface area contributed by atoms with Crippen molar-refractivity contribution in [2.75, 3.05) is 32.9 Å². The summed E-state index contributed by atoms with van der Waals surface area (Å²) in [6.45, 7) is 0.246. The number of hydrogen-bond acceptors (Lipinski definition) is 7. The molecule has 5 rings (SSSR count). The van der Waals surface area contributed by atoms with Gasteiger partial charge < -0.3 is 24.4 Å². The molecule has 0 saturated carbocycles. The van der Waals surface area contributed by atoms with Crippen molar-refractivity contribution >= 4 is 34.2 Å².